The molecule has 2 aromatic carbocycles. The molecule has 1 amide bonds. The number of halogens is 3. The summed E-state index contributed by atoms with van der Waals surface area (Å²) in [5.74, 6) is -4.06. The first kappa shape index (κ1) is 19.4. The van der Waals surface area contributed by atoms with E-state index in [1.807, 2.05) is 13.8 Å². The van der Waals surface area contributed by atoms with Gasteiger partial charge in [-0.25, -0.2) is 13.2 Å². The number of nitrogens with one attached hydrogen (secondary N) is 1. The summed E-state index contributed by atoms with van der Waals surface area (Å²) in [5.41, 5.74) is 0.190. The molecule has 26 heavy (non-hydrogen) atoms. The predicted octanol–water partition coefficient (Wildman–Crippen LogP) is 4.55. The third-order valence-electron chi connectivity index (χ3n) is 3.27. The number of anilines is 1. The number of amides is 1. The fourth-order valence-electron chi connectivity index (χ4n) is 2.11. The second kappa shape index (κ2) is 8.42. The van der Waals surface area contributed by atoms with E-state index in [1.54, 1.807) is 18.2 Å². The minimum absolute atomic E-state index is 0.0259. The molecular weight excluding hydrogens is 347 g/mol. The average Bonchev–Trinajstić information content (AvgIpc) is 2.61. The molecule has 0 saturated carbocycles. The highest BCUT2D eigenvalue weighted by Crippen LogP contribution is 2.29. The molecule has 0 unspecified atom stereocenters. The maximum atomic E-state index is 13.5. The Bertz CT molecular complexity index is 835. The van der Waals surface area contributed by atoms with Gasteiger partial charge in [-0.1, -0.05) is 6.07 Å². The first-order chi connectivity index (χ1) is 12.3. The van der Waals surface area contributed by atoms with Crippen molar-refractivity contribution in [1.29, 1.82) is 0 Å². The lowest BCUT2D eigenvalue weighted by atomic mass is 10.2. The van der Waals surface area contributed by atoms with Gasteiger partial charge in [0, 0.05) is 6.08 Å². The second-order valence-corrected chi connectivity index (χ2v) is 5.62. The van der Waals surface area contributed by atoms with E-state index in [2.05, 4.69) is 5.32 Å². The molecule has 0 bridgehead atoms. The average molecular weight is 365 g/mol. The van der Waals surface area contributed by atoms with Gasteiger partial charge in [0.05, 0.1) is 18.9 Å². The molecule has 4 nitrogen and oxygen atoms in total. The molecule has 2 rings (SSSR count). The van der Waals surface area contributed by atoms with E-state index in [1.165, 1.54) is 13.2 Å². The van der Waals surface area contributed by atoms with Gasteiger partial charge >= 0.3 is 0 Å². The Morgan fingerprint density at radius 2 is 1.81 bits per heavy atom. The normalized spacial score (nSPS) is 11.0. The summed E-state index contributed by atoms with van der Waals surface area (Å²) in [5, 5.41) is 2.15. The lowest BCUT2D eigenvalue weighted by Crippen LogP contribution is -2.10. The van der Waals surface area contributed by atoms with Crippen molar-refractivity contribution < 1.29 is 27.4 Å². The van der Waals surface area contributed by atoms with Crippen molar-refractivity contribution in [2.75, 3.05) is 12.4 Å². The smallest absolute Gasteiger partial charge is 0.248 e. The molecule has 1 N–H and O–H groups in total. The Labute approximate surface area is 149 Å². The van der Waals surface area contributed by atoms with Crippen molar-refractivity contribution >= 4 is 17.7 Å². The number of hydrogen-bond acceptors (Lipinski definition) is 3. The maximum absolute atomic E-state index is 13.5. The second-order valence-electron chi connectivity index (χ2n) is 5.62. The van der Waals surface area contributed by atoms with E-state index in [0.29, 0.717) is 17.1 Å². The SMILES string of the molecule is COc1cc(C=CC(=O)Nc2ccc(F)c(F)c2F)ccc1OC(C)C. The number of carbonyl (C=O) groups excluding carboxylic acids is 1. The third kappa shape index (κ3) is 4.78. The molecule has 0 aliphatic heterocycles. The summed E-state index contributed by atoms with van der Waals surface area (Å²) in [6, 6.07) is 6.75. The van der Waals surface area contributed by atoms with Crippen LogP contribution in [0.2, 0.25) is 0 Å². The number of hydrogen-bond donors (Lipinski definition) is 1. The zero-order valence-corrected chi connectivity index (χ0v) is 14.5. The van der Waals surface area contributed by atoms with Gasteiger partial charge in [0.25, 0.3) is 0 Å². The quantitative estimate of drug-likeness (QED) is 0.603. The number of ether oxygens (including phenoxy) is 2. The standard InChI is InChI=1S/C19H18F3NO3/c1-11(2)26-15-8-4-12(10-16(15)25-3)5-9-17(24)23-14-7-6-13(20)18(21)19(14)22/h4-11H,1-3H3,(H,23,24). The summed E-state index contributed by atoms with van der Waals surface area (Å²) >= 11 is 0. The van der Waals surface area contributed by atoms with E-state index in [0.717, 1.165) is 18.2 Å². The van der Waals surface area contributed by atoms with E-state index in [9.17, 15) is 18.0 Å². The van der Waals surface area contributed by atoms with Crippen LogP contribution < -0.4 is 14.8 Å². The van der Waals surface area contributed by atoms with Crippen LogP contribution in [-0.2, 0) is 4.79 Å². The molecule has 2 aromatic rings. The highest BCUT2D eigenvalue weighted by Gasteiger charge is 2.14. The summed E-state index contributed by atoms with van der Waals surface area (Å²) in [6.07, 6.45) is 2.58. The Kier molecular flexibility index (Phi) is 6.27. The van der Waals surface area contributed by atoms with E-state index in [-0.39, 0.29) is 6.10 Å². The zero-order valence-electron chi connectivity index (χ0n) is 14.5. The predicted molar refractivity (Wildman–Crippen MR) is 92.7 cm³/mol. The Morgan fingerprint density at radius 3 is 2.46 bits per heavy atom. The summed E-state index contributed by atoms with van der Waals surface area (Å²) < 4.78 is 50.4. The minimum Gasteiger partial charge on any atom is -0.493 e. The summed E-state index contributed by atoms with van der Waals surface area (Å²) in [7, 11) is 1.49. The minimum atomic E-state index is -1.64. The van der Waals surface area contributed by atoms with Crippen LogP contribution in [0.15, 0.2) is 36.4 Å². The largest absolute Gasteiger partial charge is 0.493 e. The van der Waals surface area contributed by atoms with Crippen LogP contribution >= 0.6 is 0 Å². The third-order valence-corrected chi connectivity index (χ3v) is 3.27. The summed E-state index contributed by atoms with van der Waals surface area (Å²) in [6.45, 7) is 3.77. The lowest BCUT2D eigenvalue weighted by Gasteiger charge is -2.13. The van der Waals surface area contributed by atoms with Gasteiger partial charge in [-0.3, -0.25) is 4.79 Å². The number of carbonyl (C=O) groups is 1. The van der Waals surface area contributed by atoms with Gasteiger partial charge in [-0.05, 0) is 49.8 Å². The van der Waals surface area contributed by atoms with Crippen molar-refractivity contribution in [3.63, 3.8) is 0 Å². The van der Waals surface area contributed by atoms with Gasteiger partial charge in [0.2, 0.25) is 5.91 Å². The number of benzene rings is 2. The molecule has 0 fully saturated rings. The molecule has 0 atom stereocenters. The van der Waals surface area contributed by atoms with Crippen molar-refractivity contribution in [1.82, 2.24) is 0 Å². The van der Waals surface area contributed by atoms with Crippen molar-refractivity contribution in [3.8, 4) is 11.5 Å². The first-order valence-electron chi connectivity index (χ1n) is 7.79. The van der Waals surface area contributed by atoms with Gasteiger partial charge < -0.3 is 14.8 Å². The van der Waals surface area contributed by atoms with Gasteiger partial charge in [-0.2, -0.15) is 0 Å². The topological polar surface area (TPSA) is 47.6 Å². The molecule has 138 valence electrons. The Morgan fingerprint density at radius 1 is 1.08 bits per heavy atom. The van der Waals surface area contributed by atoms with Crippen LogP contribution in [0.3, 0.4) is 0 Å². The van der Waals surface area contributed by atoms with Crippen LogP contribution in [0.1, 0.15) is 19.4 Å². The van der Waals surface area contributed by atoms with Gasteiger partial charge in [0.15, 0.2) is 29.0 Å². The molecule has 0 saturated heterocycles. The maximum Gasteiger partial charge on any atom is 0.248 e. The van der Waals surface area contributed by atoms with Crippen molar-refractivity contribution in [2.24, 2.45) is 0 Å². The number of methoxy groups -OCH3 is 1. The monoisotopic (exact) mass is 365 g/mol. The van der Waals surface area contributed by atoms with Gasteiger partial charge in [0.1, 0.15) is 0 Å². The van der Waals surface area contributed by atoms with E-state index >= 15 is 0 Å². The molecular formula is C19H18F3NO3. The Balaban J connectivity index is 2.12. The highest BCUT2D eigenvalue weighted by atomic mass is 19.2. The molecule has 0 aromatic heterocycles. The lowest BCUT2D eigenvalue weighted by molar-refractivity contribution is -0.111. The van der Waals surface area contributed by atoms with Crippen LogP contribution in [0.25, 0.3) is 6.08 Å². The molecule has 0 radical (unpaired) electrons. The molecule has 0 aliphatic rings. The molecule has 0 heterocycles. The zero-order chi connectivity index (χ0) is 19.3. The fraction of sp³-hybridized carbons (Fsp3) is 0.211. The van der Waals surface area contributed by atoms with Crippen LogP contribution in [0.5, 0.6) is 11.5 Å². The first-order valence-corrected chi connectivity index (χ1v) is 7.79. The molecule has 0 spiro atoms. The van der Waals surface area contributed by atoms with Crippen molar-refractivity contribution in [3.05, 3.63) is 59.4 Å². The van der Waals surface area contributed by atoms with Crippen LogP contribution in [0.4, 0.5) is 18.9 Å². The van der Waals surface area contributed by atoms with E-state index in [4.69, 9.17) is 9.47 Å². The van der Waals surface area contributed by atoms with Gasteiger partial charge in [-0.15, -0.1) is 0 Å². The summed E-state index contributed by atoms with van der Waals surface area (Å²) in [4.78, 5) is 11.9. The fourth-order valence-corrected chi connectivity index (χ4v) is 2.11. The van der Waals surface area contributed by atoms with Crippen molar-refractivity contribution in [2.45, 2.75) is 20.0 Å². The molecule has 7 heteroatoms. The Hall–Kier alpha value is -2.96. The molecule has 0 aliphatic carbocycles. The highest BCUT2D eigenvalue weighted by molar-refractivity contribution is 6.02. The van der Waals surface area contributed by atoms with Crippen LogP contribution in [-0.4, -0.2) is 19.1 Å². The van der Waals surface area contributed by atoms with Crippen LogP contribution in [0, 0.1) is 17.5 Å². The van der Waals surface area contributed by atoms with E-state index < -0.39 is 29.0 Å². The number of rotatable bonds is 6.